The third kappa shape index (κ3) is 1.11. The first-order valence-corrected chi connectivity index (χ1v) is 3.07. The van der Waals surface area contributed by atoms with E-state index in [4.69, 9.17) is 4.74 Å². The third-order valence-corrected chi connectivity index (χ3v) is 1.62. The molecule has 1 aliphatic rings. The average Bonchev–Trinajstić information content (AvgIpc) is 2.12. The predicted molar refractivity (Wildman–Crippen MR) is 33.3 cm³/mol. The fourth-order valence-corrected chi connectivity index (χ4v) is 1.06. The summed E-state index contributed by atoms with van der Waals surface area (Å²) in [4.78, 5) is 10.8. The summed E-state index contributed by atoms with van der Waals surface area (Å²) in [5.41, 5.74) is 0. The molecule has 1 rings (SSSR count). The molecule has 0 amide bonds. The fraction of sp³-hybridized carbons (Fsp3) is 0.833. The largest absolute Gasteiger partial charge is 0.369 e. The lowest BCUT2D eigenvalue weighted by Gasteiger charge is -2.09. The fourth-order valence-electron chi connectivity index (χ4n) is 1.06. The van der Waals surface area contributed by atoms with Gasteiger partial charge < -0.3 is 10.1 Å². The van der Waals surface area contributed by atoms with Crippen LogP contribution < -0.4 is 5.32 Å². The van der Waals surface area contributed by atoms with Gasteiger partial charge in [-0.05, 0) is 14.0 Å². The molecule has 0 aromatic carbocycles. The first-order chi connectivity index (χ1) is 4.25. The highest BCUT2D eigenvalue weighted by molar-refractivity contribution is 5.87. The summed E-state index contributed by atoms with van der Waals surface area (Å²) in [6, 6.07) is -0.0787. The minimum Gasteiger partial charge on any atom is -0.369 e. The number of ketones is 1. The second-order valence-electron chi connectivity index (χ2n) is 2.25. The molecule has 3 nitrogen and oxygen atoms in total. The van der Waals surface area contributed by atoms with Gasteiger partial charge >= 0.3 is 0 Å². The molecule has 1 N–H and O–H groups in total. The summed E-state index contributed by atoms with van der Waals surface area (Å²) in [6.45, 7) is 2.17. The minimum absolute atomic E-state index is 0.0440. The Labute approximate surface area is 54.4 Å². The second-order valence-corrected chi connectivity index (χ2v) is 2.25. The Morgan fingerprint density at radius 1 is 1.78 bits per heavy atom. The van der Waals surface area contributed by atoms with Crippen LogP contribution in [0.5, 0.6) is 0 Å². The molecule has 1 aliphatic heterocycles. The van der Waals surface area contributed by atoms with Gasteiger partial charge in [-0.1, -0.05) is 0 Å². The van der Waals surface area contributed by atoms with Crippen LogP contribution in [0, 0.1) is 0 Å². The van der Waals surface area contributed by atoms with Crippen LogP contribution in [0.3, 0.4) is 0 Å². The number of rotatable bonds is 1. The van der Waals surface area contributed by atoms with Gasteiger partial charge in [-0.3, -0.25) is 4.79 Å². The number of likely N-dealkylation sites (N-methyl/N-ethyl adjacent to an activating group) is 1. The molecule has 52 valence electrons. The zero-order valence-electron chi connectivity index (χ0n) is 5.68. The molecular weight excluding hydrogens is 118 g/mol. The predicted octanol–water partition coefficient (Wildman–Crippen LogP) is -0.438. The molecule has 1 fully saturated rings. The van der Waals surface area contributed by atoms with Gasteiger partial charge in [0.25, 0.3) is 0 Å². The van der Waals surface area contributed by atoms with Crippen molar-refractivity contribution < 1.29 is 9.53 Å². The lowest BCUT2D eigenvalue weighted by molar-refractivity contribution is -0.119. The molecule has 1 saturated heterocycles. The standard InChI is InChI=1S/C6H11NO2/c1-4-6(7-2)5(8)3-9-4/h4,6-7H,3H2,1-2H3. The summed E-state index contributed by atoms with van der Waals surface area (Å²) >= 11 is 0. The molecule has 2 atom stereocenters. The van der Waals surface area contributed by atoms with Crippen molar-refractivity contribution in [3.63, 3.8) is 0 Å². The highest BCUT2D eigenvalue weighted by Gasteiger charge is 2.30. The van der Waals surface area contributed by atoms with Gasteiger partial charge in [0, 0.05) is 0 Å². The van der Waals surface area contributed by atoms with Crippen LogP contribution >= 0.6 is 0 Å². The lowest BCUT2D eigenvalue weighted by Crippen LogP contribution is -2.37. The van der Waals surface area contributed by atoms with Crippen LogP contribution in [0.25, 0.3) is 0 Å². The minimum atomic E-state index is -0.0787. The van der Waals surface area contributed by atoms with Crippen molar-refractivity contribution in [1.82, 2.24) is 5.32 Å². The van der Waals surface area contributed by atoms with Crippen molar-refractivity contribution in [2.75, 3.05) is 13.7 Å². The van der Waals surface area contributed by atoms with Gasteiger partial charge in [0.1, 0.15) is 6.61 Å². The van der Waals surface area contributed by atoms with E-state index in [1.165, 1.54) is 0 Å². The Kier molecular flexibility index (Phi) is 1.83. The Hall–Kier alpha value is -0.410. The molecule has 1 heterocycles. The van der Waals surface area contributed by atoms with Crippen molar-refractivity contribution in [2.24, 2.45) is 0 Å². The van der Waals surface area contributed by atoms with Crippen LogP contribution in [0.15, 0.2) is 0 Å². The highest BCUT2D eigenvalue weighted by Crippen LogP contribution is 2.07. The zero-order valence-corrected chi connectivity index (χ0v) is 5.68. The molecule has 0 radical (unpaired) electrons. The van der Waals surface area contributed by atoms with Crippen LogP contribution in [0.2, 0.25) is 0 Å². The van der Waals surface area contributed by atoms with E-state index >= 15 is 0 Å². The van der Waals surface area contributed by atoms with Crippen molar-refractivity contribution in [2.45, 2.75) is 19.1 Å². The summed E-state index contributed by atoms with van der Waals surface area (Å²) in [6.07, 6.45) is 0.0440. The third-order valence-electron chi connectivity index (χ3n) is 1.62. The normalized spacial score (nSPS) is 35.6. The number of carbonyl (C=O) groups is 1. The molecule has 0 saturated carbocycles. The maximum atomic E-state index is 10.8. The van der Waals surface area contributed by atoms with Gasteiger partial charge in [0.15, 0.2) is 5.78 Å². The van der Waals surface area contributed by atoms with Crippen molar-refractivity contribution in [3.8, 4) is 0 Å². The van der Waals surface area contributed by atoms with Crippen LogP contribution in [0.1, 0.15) is 6.92 Å². The van der Waals surface area contributed by atoms with E-state index in [0.717, 1.165) is 0 Å². The average molecular weight is 129 g/mol. The summed E-state index contributed by atoms with van der Waals surface area (Å²) in [5.74, 6) is 0.157. The molecule has 3 heteroatoms. The van der Waals surface area contributed by atoms with E-state index in [-0.39, 0.29) is 24.5 Å². The summed E-state index contributed by atoms with van der Waals surface area (Å²) in [5, 5.41) is 2.89. The Morgan fingerprint density at radius 2 is 2.44 bits per heavy atom. The molecule has 0 aromatic rings. The van der Waals surface area contributed by atoms with Crippen molar-refractivity contribution in [1.29, 1.82) is 0 Å². The van der Waals surface area contributed by atoms with Gasteiger partial charge in [-0.25, -0.2) is 0 Å². The quantitative estimate of drug-likeness (QED) is 0.521. The van der Waals surface area contributed by atoms with E-state index in [1.807, 2.05) is 6.92 Å². The SMILES string of the molecule is CNC1C(=O)COC1C. The number of hydrogen-bond donors (Lipinski definition) is 1. The smallest absolute Gasteiger partial charge is 0.177 e. The summed E-state index contributed by atoms with van der Waals surface area (Å²) in [7, 11) is 1.77. The monoisotopic (exact) mass is 129 g/mol. The number of ether oxygens (including phenoxy) is 1. The zero-order chi connectivity index (χ0) is 6.85. The maximum absolute atomic E-state index is 10.8. The molecule has 2 unspecified atom stereocenters. The maximum Gasteiger partial charge on any atom is 0.177 e. The van der Waals surface area contributed by atoms with Gasteiger partial charge in [-0.2, -0.15) is 0 Å². The number of nitrogens with one attached hydrogen (secondary N) is 1. The van der Waals surface area contributed by atoms with Gasteiger partial charge in [0.2, 0.25) is 0 Å². The van der Waals surface area contributed by atoms with Crippen LogP contribution in [0.4, 0.5) is 0 Å². The molecule has 9 heavy (non-hydrogen) atoms. The first-order valence-electron chi connectivity index (χ1n) is 3.07. The number of carbonyl (C=O) groups excluding carboxylic acids is 1. The molecule has 0 aromatic heterocycles. The topological polar surface area (TPSA) is 38.3 Å². The highest BCUT2D eigenvalue weighted by atomic mass is 16.5. The van der Waals surface area contributed by atoms with E-state index in [0.29, 0.717) is 0 Å². The van der Waals surface area contributed by atoms with Crippen LogP contribution in [-0.2, 0) is 9.53 Å². The van der Waals surface area contributed by atoms with Crippen molar-refractivity contribution in [3.05, 3.63) is 0 Å². The number of Topliss-reactive ketones (excluding diaryl/α,β-unsaturated/α-hetero) is 1. The Bertz CT molecular complexity index is 124. The molecule has 0 spiro atoms. The lowest BCUT2D eigenvalue weighted by atomic mass is 10.1. The van der Waals surface area contributed by atoms with Crippen LogP contribution in [-0.4, -0.2) is 31.6 Å². The Morgan fingerprint density at radius 3 is 2.67 bits per heavy atom. The van der Waals surface area contributed by atoms with Gasteiger partial charge in [-0.15, -0.1) is 0 Å². The molecular formula is C6H11NO2. The van der Waals surface area contributed by atoms with E-state index in [9.17, 15) is 4.79 Å². The van der Waals surface area contributed by atoms with Crippen molar-refractivity contribution >= 4 is 5.78 Å². The van der Waals surface area contributed by atoms with Gasteiger partial charge in [0.05, 0.1) is 12.1 Å². The first kappa shape index (κ1) is 6.71. The Balaban J connectivity index is 2.55. The molecule has 0 aliphatic carbocycles. The molecule has 0 bridgehead atoms. The van der Waals surface area contributed by atoms with E-state index in [1.54, 1.807) is 7.05 Å². The summed E-state index contributed by atoms with van der Waals surface area (Å²) < 4.78 is 5.06. The van der Waals surface area contributed by atoms with E-state index in [2.05, 4.69) is 5.32 Å². The van der Waals surface area contributed by atoms with E-state index < -0.39 is 0 Å². The number of hydrogen-bond acceptors (Lipinski definition) is 3. The second kappa shape index (κ2) is 2.45.